The van der Waals surface area contributed by atoms with Crippen molar-refractivity contribution < 1.29 is 4.79 Å². The first kappa shape index (κ1) is 17.6. The Labute approximate surface area is 159 Å². The van der Waals surface area contributed by atoms with Gasteiger partial charge in [-0.15, -0.1) is 11.3 Å². The van der Waals surface area contributed by atoms with Crippen molar-refractivity contribution in [1.29, 1.82) is 0 Å². The summed E-state index contributed by atoms with van der Waals surface area (Å²) in [5.74, 6) is 1.42. The lowest BCUT2D eigenvalue weighted by atomic mass is 9.94. The van der Waals surface area contributed by atoms with Crippen LogP contribution in [0.5, 0.6) is 0 Å². The number of carbonyl (C=O) groups excluding carboxylic acids is 1. The Morgan fingerprint density at radius 1 is 1.08 bits per heavy atom. The van der Waals surface area contributed by atoms with Crippen LogP contribution in [0.15, 0.2) is 29.9 Å². The Kier molecular flexibility index (Phi) is 5.60. The summed E-state index contributed by atoms with van der Waals surface area (Å²) >= 11 is 1.66. The molecule has 138 valence electrons. The van der Waals surface area contributed by atoms with Crippen LogP contribution in [0.2, 0.25) is 0 Å². The molecule has 4 rings (SSSR count). The molecule has 0 radical (unpaired) electrons. The van der Waals surface area contributed by atoms with Crippen molar-refractivity contribution in [2.45, 2.75) is 38.6 Å². The average molecular weight is 371 g/mol. The fourth-order valence-electron chi connectivity index (χ4n) is 3.94. The molecule has 5 nitrogen and oxygen atoms in total. The highest BCUT2D eigenvalue weighted by atomic mass is 32.1. The molecule has 4 heterocycles. The van der Waals surface area contributed by atoms with Gasteiger partial charge in [-0.25, -0.2) is 9.97 Å². The van der Waals surface area contributed by atoms with Crippen molar-refractivity contribution >= 4 is 17.2 Å². The Morgan fingerprint density at radius 3 is 2.46 bits per heavy atom. The van der Waals surface area contributed by atoms with Crippen LogP contribution >= 0.6 is 11.3 Å². The molecule has 0 aliphatic carbocycles. The van der Waals surface area contributed by atoms with Crippen molar-refractivity contribution in [3.05, 3.63) is 35.5 Å². The largest absolute Gasteiger partial charge is 0.342 e. The molecule has 0 bridgehead atoms. The third kappa shape index (κ3) is 4.13. The number of piperidine rings is 2. The molecule has 2 aromatic heterocycles. The van der Waals surface area contributed by atoms with Gasteiger partial charge in [-0.05, 0) is 56.6 Å². The van der Waals surface area contributed by atoms with Crippen molar-refractivity contribution in [2.24, 2.45) is 5.92 Å². The summed E-state index contributed by atoms with van der Waals surface area (Å²) < 4.78 is 0. The van der Waals surface area contributed by atoms with E-state index in [0.717, 1.165) is 61.8 Å². The minimum Gasteiger partial charge on any atom is -0.342 e. The zero-order valence-corrected chi connectivity index (χ0v) is 16.0. The van der Waals surface area contributed by atoms with Gasteiger partial charge in [0.1, 0.15) is 0 Å². The van der Waals surface area contributed by atoms with E-state index in [9.17, 15) is 4.79 Å². The van der Waals surface area contributed by atoms with E-state index in [1.807, 2.05) is 29.9 Å². The Hall–Kier alpha value is -1.79. The lowest BCUT2D eigenvalue weighted by molar-refractivity contribution is -0.138. The first-order valence-electron chi connectivity index (χ1n) is 9.65. The zero-order chi connectivity index (χ0) is 17.8. The molecule has 6 heteroatoms. The predicted octanol–water partition coefficient (Wildman–Crippen LogP) is 3.43. The SMILES string of the molecule is O=C(C1CCN(Cc2cnc(-c3cccs3)nc2)CC1)N1CCCCC1. The lowest BCUT2D eigenvalue weighted by Gasteiger charge is -2.35. The summed E-state index contributed by atoms with van der Waals surface area (Å²) in [5.41, 5.74) is 1.14. The van der Waals surface area contributed by atoms with Crippen LogP contribution < -0.4 is 0 Å². The highest BCUT2D eigenvalue weighted by molar-refractivity contribution is 7.13. The molecule has 0 unspecified atom stereocenters. The topological polar surface area (TPSA) is 49.3 Å². The van der Waals surface area contributed by atoms with Gasteiger partial charge in [0.25, 0.3) is 0 Å². The molecule has 0 atom stereocenters. The summed E-state index contributed by atoms with van der Waals surface area (Å²) in [5, 5.41) is 2.04. The molecule has 1 amide bonds. The molecule has 2 fully saturated rings. The van der Waals surface area contributed by atoms with Crippen molar-refractivity contribution in [2.75, 3.05) is 26.2 Å². The van der Waals surface area contributed by atoms with Crippen LogP contribution in [0.3, 0.4) is 0 Å². The Balaban J connectivity index is 1.27. The van der Waals surface area contributed by atoms with E-state index in [-0.39, 0.29) is 5.92 Å². The van der Waals surface area contributed by atoms with E-state index in [1.165, 1.54) is 19.3 Å². The minimum absolute atomic E-state index is 0.224. The second-order valence-electron chi connectivity index (χ2n) is 7.33. The monoisotopic (exact) mass is 370 g/mol. The number of hydrogen-bond acceptors (Lipinski definition) is 5. The summed E-state index contributed by atoms with van der Waals surface area (Å²) in [6.07, 6.45) is 9.45. The molecule has 0 N–H and O–H groups in total. The van der Waals surface area contributed by atoms with E-state index in [0.29, 0.717) is 5.91 Å². The quantitative estimate of drug-likeness (QED) is 0.827. The van der Waals surface area contributed by atoms with Gasteiger partial charge < -0.3 is 4.90 Å². The molecule has 2 saturated heterocycles. The number of likely N-dealkylation sites (tertiary alicyclic amines) is 2. The lowest BCUT2D eigenvalue weighted by Crippen LogP contribution is -2.44. The average Bonchev–Trinajstić information content (AvgIpc) is 3.24. The first-order chi connectivity index (χ1) is 12.8. The van der Waals surface area contributed by atoms with Gasteiger partial charge in [0, 0.05) is 43.5 Å². The maximum atomic E-state index is 12.7. The van der Waals surface area contributed by atoms with E-state index >= 15 is 0 Å². The van der Waals surface area contributed by atoms with Gasteiger partial charge >= 0.3 is 0 Å². The summed E-state index contributed by atoms with van der Waals surface area (Å²) in [6, 6.07) is 4.07. The molecule has 0 aromatic carbocycles. The number of amides is 1. The van der Waals surface area contributed by atoms with Gasteiger partial charge in [-0.3, -0.25) is 9.69 Å². The molecule has 0 spiro atoms. The number of thiophene rings is 1. The van der Waals surface area contributed by atoms with Crippen molar-refractivity contribution in [3.8, 4) is 10.7 Å². The Morgan fingerprint density at radius 2 is 1.81 bits per heavy atom. The molecular formula is C20H26N4OS. The van der Waals surface area contributed by atoms with E-state index < -0.39 is 0 Å². The third-order valence-corrected chi connectivity index (χ3v) is 6.32. The Bertz CT molecular complexity index is 702. The first-order valence-corrected chi connectivity index (χ1v) is 10.5. The smallest absolute Gasteiger partial charge is 0.225 e. The fourth-order valence-corrected chi connectivity index (χ4v) is 4.61. The van der Waals surface area contributed by atoms with E-state index in [2.05, 4.69) is 19.8 Å². The summed E-state index contributed by atoms with van der Waals surface area (Å²) in [7, 11) is 0. The molecule has 2 aliphatic rings. The second-order valence-corrected chi connectivity index (χ2v) is 8.28. The van der Waals surface area contributed by atoms with Crippen LogP contribution in [0.1, 0.15) is 37.7 Å². The van der Waals surface area contributed by atoms with E-state index in [1.54, 1.807) is 11.3 Å². The second kappa shape index (κ2) is 8.27. The maximum Gasteiger partial charge on any atom is 0.225 e. The standard InChI is InChI=1S/C20H26N4OS/c25-20(24-8-2-1-3-9-24)17-6-10-23(11-7-17)15-16-13-21-19(22-14-16)18-5-4-12-26-18/h4-5,12-14,17H,1-3,6-11,15H2. The molecule has 2 aliphatic heterocycles. The zero-order valence-electron chi connectivity index (χ0n) is 15.1. The fraction of sp³-hybridized carbons (Fsp3) is 0.550. The van der Waals surface area contributed by atoms with Gasteiger partial charge in [-0.2, -0.15) is 0 Å². The number of hydrogen-bond donors (Lipinski definition) is 0. The number of carbonyl (C=O) groups is 1. The van der Waals surface area contributed by atoms with E-state index in [4.69, 9.17) is 0 Å². The van der Waals surface area contributed by atoms with Crippen LogP contribution in [0.25, 0.3) is 10.7 Å². The number of nitrogens with zero attached hydrogens (tertiary/aromatic N) is 4. The van der Waals surface area contributed by atoms with Crippen LogP contribution in [-0.2, 0) is 11.3 Å². The predicted molar refractivity (Wildman–Crippen MR) is 104 cm³/mol. The summed E-state index contributed by atoms with van der Waals surface area (Å²) in [6.45, 7) is 4.77. The molecular weight excluding hydrogens is 344 g/mol. The van der Waals surface area contributed by atoms with Gasteiger partial charge in [0.05, 0.1) is 4.88 Å². The van der Waals surface area contributed by atoms with Gasteiger partial charge in [-0.1, -0.05) is 6.07 Å². The maximum absolute atomic E-state index is 12.7. The van der Waals surface area contributed by atoms with Crippen LogP contribution in [0.4, 0.5) is 0 Å². The summed E-state index contributed by atoms with van der Waals surface area (Å²) in [4.78, 5) is 27.3. The highest BCUT2D eigenvalue weighted by Crippen LogP contribution is 2.24. The van der Waals surface area contributed by atoms with Crippen LogP contribution in [0, 0.1) is 5.92 Å². The minimum atomic E-state index is 0.224. The van der Waals surface area contributed by atoms with Crippen molar-refractivity contribution in [3.63, 3.8) is 0 Å². The molecule has 26 heavy (non-hydrogen) atoms. The highest BCUT2D eigenvalue weighted by Gasteiger charge is 2.29. The molecule has 0 saturated carbocycles. The third-order valence-electron chi connectivity index (χ3n) is 5.46. The van der Waals surface area contributed by atoms with Gasteiger partial charge in [0.2, 0.25) is 5.91 Å². The normalized spacial score (nSPS) is 19.6. The number of aromatic nitrogens is 2. The van der Waals surface area contributed by atoms with Crippen LogP contribution in [-0.4, -0.2) is 51.9 Å². The number of rotatable bonds is 4. The molecule has 2 aromatic rings. The van der Waals surface area contributed by atoms with Crippen molar-refractivity contribution in [1.82, 2.24) is 19.8 Å². The van der Waals surface area contributed by atoms with Gasteiger partial charge in [0.15, 0.2) is 5.82 Å².